The SMILES string of the molecule is CCC1CCN(C(=O)c2cn[nH]c2N)CC1. The van der Waals surface area contributed by atoms with E-state index in [9.17, 15) is 4.79 Å². The molecule has 0 aliphatic carbocycles. The summed E-state index contributed by atoms with van der Waals surface area (Å²) in [5.41, 5.74) is 6.13. The fraction of sp³-hybridized carbons (Fsp3) is 0.636. The molecule has 1 fully saturated rings. The molecule has 2 rings (SSSR count). The molecule has 1 aromatic rings. The number of rotatable bonds is 2. The Morgan fingerprint density at radius 3 is 2.81 bits per heavy atom. The summed E-state index contributed by atoms with van der Waals surface area (Å²) in [5.74, 6) is 1.13. The maximum Gasteiger partial charge on any atom is 0.259 e. The van der Waals surface area contributed by atoms with Crippen LogP contribution in [-0.4, -0.2) is 34.1 Å². The van der Waals surface area contributed by atoms with Crippen molar-refractivity contribution in [1.82, 2.24) is 15.1 Å². The average Bonchev–Trinajstić information content (AvgIpc) is 2.75. The van der Waals surface area contributed by atoms with Crippen molar-refractivity contribution in [2.45, 2.75) is 26.2 Å². The van der Waals surface area contributed by atoms with Crippen LogP contribution in [-0.2, 0) is 0 Å². The highest BCUT2D eigenvalue weighted by Gasteiger charge is 2.24. The molecule has 1 saturated heterocycles. The largest absolute Gasteiger partial charge is 0.383 e. The van der Waals surface area contributed by atoms with E-state index in [0.29, 0.717) is 11.4 Å². The number of nitrogens with two attached hydrogens (primary N) is 1. The van der Waals surface area contributed by atoms with Crippen molar-refractivity contribution in [3.63, 3.8) is 0 Å². The molecule has 88 valence electrons. The zero-order valence-electron chi connectivity index (χ0n) is 9.57. The second-order valence-corrected chi connectivity index (χ2v) is 4.34. The number of hydrogen-bond acceptors (Lipinski definition) is 3. The Morgan fingerprint density at radius 2 is 2.31 bits per heavy atom. The average molecular weight is 222 g/mol. The first-order chi connectivity index (χ1) is 7.72. The molecule has 5 nitrogen and oxygen atoms in total. The van der Waals surface area contributed by atoms with Gasteiger partial charge in [-0.2, -0.15) is 5.10 Å². The van der Waals surface area contributed by atoms with E-state index < -0.39 is 0 Å². The van der Waals surface area contributed by atoms with Crippen LogP contribution in [0.2, 0.25) is 0 Å². The zero-order valence-corrected chi connectivity index (χ0v) is 9.57. The Labute approximate surface area is 95.0 Å². The van der Waals surface area contributed by atoms with Gasteiger partial charge in [0, 0.05) is 13.1 Å². The fourth-order valence-electron chi connectivity index (χ4n) is 2.18. The molecule has 0 spiro atoms. The zero-order chi connectivity index (χ0) is 11.5. The first kappa shape index (κ1) is 11.0. The number of amides is 1. The number of aromatic amines is 1. The lowest BCUT2D eigenvalue weighted by molar-refractivity contribution is 0.0690. The normalized spacial score (nSPS) is 17.7. The number of anilines is 1. The maximum absolute atomic E-state index is 12.1. The van der Waals surface area contributed by atoms with Crippen molar-refractivity contribution in [2.24, 2.45) is 5.92 Å². The first-order valence-corrected chi connectivity index (χ1v) is 5.80. The van der Waals surface area contributed by atoms with Crippen molar-refractivity contribution in [3.05, 3.63) is 11.8 Å². The van der Waals surface area contributed by atoms with Crippen molar-refractivity contribution in [1.29, 1.82) is 0 Å². The summed E-state index contributed by atoms with van der Waals surface area (Å²) < 4.78 is 0. The molecule has 0 aromatic carbocycles. The third kappa shape index (κ3) is 2.03. The van der Waals surface area contributed by atoms with Crippen LogP contribution in [0, 0.1) is 5.92 Å². The van der Waals surface area contributed by atoms with Gasteiger partial charge in [-0.1, -0.05) is 13.3 Å². The Balaban J connectivity index is 2.00. The highest BCUT2D eigenvalue weighted by atomic mass is 16.2. The summed E-state index contributed by atoms with van der Waals surface area (Å²) in [4.78, 5) is 13.9. The fourth-order valence-corrected chi connectivity index (χ4v) is 2.18. The van der Waals surface area contributed by atoms with Crippen LogP contribution in [0.25, 0.3) is 0 Å². The Kier molecular flexibility index (Phi) is 3.12. The number of nitrogens with zero attached hydrogens (tertiary/aromatic N) is 2. The quantitative estimate of drug-likeness (QED) is 0.790. The summed E-state index contributed by atoms with van der Waals surface area (Å²) in [6.45, 7) is 3.88. The summed E-state index contributed by atoms with van der Waals surface area (Å²) in [7, 11) is 0. The highest BCUT2D eigenvalue weighted by molar-refractivity contribution is 5.98. The smallest absolute Gasteiger partial charge is 0.259 e. The Hall–Kier alpha value is -1.52. The minimum Gasteiger partial charge on any atom is -0.383 e. The number of H-pyrrole nitrogens is 1. The molecule has 1 aromatic heterocycles. The molecule has 5 heteroatoms. The predicted octanol–water partition coefficient (Wildman–Crippen LogP) is 1.25. The molecule has 2 heterocycles. The summed E-state index contributed by atoms with van der Waals surface area (Å²) >= 11 is 0. The van der Waals surface area contributed by atoms with Gasteiger partial charge < -0.3 is 10.6 Å². The van der Waals surface area contributed by atoms with E-state index in [1.54, 1.807) is 0 Å². The Bertz CT molecular complexity index is 366. The van der Waals surface area contributed by atoms with Gasteiger partial charge in [0.1, 0.15) is 11.4 Å². The number of piperidine rings is 1. The predicted molar refractivity (Wildman–Crippen MR) is 61.9 cm³/mol. The number of hydrogen-bond donors (Lipinski definition) is 2. The lowest BCUT2D eigenvalue weighted by Crippen LogP contribution is -2.38. The second-order valence-electron chi connectivity index (χ2n) is 4.34. The van der Waals surface area contributed by atoms with Gasteiger partial charge in [-0.05, 0) is 18.8 Å². The standard InChI is InChI=1S/C11H18N4O/c1-2-8-3-5-15(6-4-8)11(16)9-7-13-14-10(9)12/h7-8H,2-6H2,1H3,(H3,12,13,14). The molecular weight excluding hydrogens is 204 g/mol. The summed E-state index contributed by atoms with van der Waals surface area (Å²) in [6.07, 6.45) is 4.90. The van der Waals surface area contributed by atoms with Gasteiger partial charge in [0.15, 0.2) is 0 Å². The molecule has 1 aliphatic heterocycles. The summed E-state index contributed by atoms with van der Waals surface area (Å²) in [6, 6.07) is 0. The molecular formula is C11H18N4O. The lowest BCUT2D eigenvalue weighted by Gasteiger charge is -2.31. The van der Waals surface area contributed by atoms with Gasteiger partial charge in [-0.3, -0.25) is 9.89 Å². The van der Waals surface area contributed by atoms with E-state index >= 15 is 0 Å². The third-order valence-electron chi connectivity index (χ3n) is 3.38. The van der Waals surface area contributed by atoms with Crippen LogP contribution in [0.1, 0.15) is 36.5 Å². The number of carbonyl (C=O) groups is 1. The van der Waals surface area contributed by atoms with Crippen LogP contribution < -0.4 is 5.73 Å². The van der Waals surface area contributed by atoms with E-state index in [-0.39, 0.29) is 5.91 Å². The van der Waals surface area contributed by atoms with Gasteiger partial charge in [0.05, 0.1) is 6.20 Å². The number of nitrogen functional groups attached to an aromatic ring is 1. The Morgan fingerprint density at radius 1 is 1.62 bits per heavy atom. The molecule has 0 saturated carbocycles. The number of carbonyl (C=O) groups excluding carboxylic acids is 1. The van der Waals surface area contributed by atoms with Crippen LogP contribution in [0.15, 0.2) is 6.20 Å². The maximum atomic E-state index is 12.1. The van der Waals surface area contributed by atoms with Gasteiger partial charge >= 0.3 is 0 Å². The van der Waals surface area contributed by atoms with Crippen LogP contribution in [0.5, 0.6) is 0 Å². The van der Waals surface area contributed by atoms with E-state index in [0.717, 1.165) is 31.8 Å². The third-order valence-corrected chi connectivity index (χ3v) is 3.38. The van der Waals surface area contributed by atoms with Gasteiger partial charge in [0.25, 0.3) is 5.91 Å². The molecule has 16 heavy (non-hydrogen) atoms. The van der Waals surface area contributed by atoms with Crippen LogP contribution >= 0.6 is 0 Å². The molecule has 3 N–H and O–H groups in total. The molecule has 0 unspecified atom stereocenters. The van der Waals surface area contributed by atoms with Crippen molar-refractivity contribution < 1.29 is 4.79 Å². The topological polar surface area (TPSA) is 75.0 Å². The minimum absolute atomic E-state index is 0.000744. The molecule has 1 aliphatic rings. The van der Waals surface area contributed by atoms with E-state index in [2.05, 4.69) is 17.1 Å². The van der Waals surface area contributed by atoms with Crippen molar-refractivity contribution >= 4 is 11.7 Å². The number of aromatic nitrogens is 2. The second kappa shape index (κ2) is 4.55. The van der Waals surface area contributed by atoms with Crippen molar-refractivity contribution in [3.8, 4) is 0 Å². The van der Waals surface area contributed by atoms with Crippen LogP contribution in [0.4, 0.5) is 5.82 Å². The van der Waals surface area contributed by atoms with Crippen molar-refractivity contribution in [2.75, 3.05) is 18.8 Å². The molecule has 0 radical (unpaired) electrons. The van der Waals surface area contributed by atoms with E-state index in [1.165, 1.54) is 12.6 Å². The lowest BCUT2D eigenvalue weighted by atomic mass is 9.94. The molecule has 1 amide bonds. The number of likely N-dealkylation sites (tertiary alicyclic amines) is 1. The highest BCUT2D eigenvalue weighted by Crippen LogP contribution is 2.22. The van der Waals surface area contributed by atoms with Gasteiger partial charge in [-0.15, -0.1) is 0 Å². The first-order valence-electron chi connectivity index (χ1n) is 5.80. The van der Waals surface area contributed by atoms with Crippen LogP contribution in [0.3, 0.4) is 0 Å². The molecule has 0 atom stereocenters. The van der Waals surface area contributed by atoms with E-state index in [4.69, 9.17) is 5.73 Å². The summed E-state index contributed by atoms with van der Waals surface area (Å²) in [5, 5.41) is 6.36. The molecule has 0 bridgehead atoms. The van der Waals surface area contributed by atoms with Gasteiger partial charge in [0.2, 0.25) is 0 Å². The minimum atomic E-state index is 0.000744. The van der Waals surface area contributed by atoms with Gasteiger partial charge in [-0.25, -0.2) is 0 Å². The number of nitrogens with one attached hydrogen (secondary N) is 1. The van der Waals surface area contributed by atoms with E-state index in [1.807, 2.05) is 4.90 Å². The monoisotopic (exact) mass is 222 g/mol.